The highest BCUT2D eigenvalue weighted by Crippen LogP contribution is 2.30. The lowest BCUT2D eigenvalue weighted by Gasteiger charge is -2.22. The van der Waals surface area contributed by atoms with Gasteiger partial charge < -0.3 is 10.1 Å². The molecule has 1 atom stereocenters. The summed E-state index contributed by atoms with van der Waals surface area (Å²) < 4.78 is 5.97. The van der Waals surface area contributed by atoms with Gasteiger partial charge in [0.2, 0.25) is 0 Å². The van der Waals surface area contributed by atoms with Crippen LogP contribution in [0.4, 0.5) is 5.69 Å². The normalized spacial score (nSPS) is 14.7. The van der Waals surface area contributed by atoms with Gasteiger partial charge in [0.15, 0.2) is 6.10 Å². The zero-order valence-electron chi connectivity index (χ0n) is 13.8. The van der Waals surface area contributed by atoms with E-state index in [1.165, 1.54) is 24.0 Å². The van der Waals surface area contributed by atoms with Gasteiger partial charge in [0, 0.05) is 5.69 Å². The molecule has 0 saturated heterocycles. The number of rotatable bonds is 4. The Hall–Kier alpha value is -2.29. The van der Waals surface area contributed by atoms with Crippen LogP contribution in [0.15, 0.2) is 42.5 Å². The van der Waals surface area contributed by atoms with Crippen LogP contribution < -0.4 is 10.1 Å². The van der Waals surface area contributed by atoms with Crippen LogP contribution in [-0.2, 0) is 17.6 Å². The van der Waals surface area contributed by atoms with Crippen molar-refractivity contribution in [1.29, 1.82) is 0 Å². The van der Waals surface area contributed by atoms with Crippen molar-refractivity contribution < 1.29 is 9.53 Å². The van der Waals surface area contributed by atoms with Crippen molar-refractivity contribution in [3.63, 3.8) is 0 Å². The summed E-state index contributed by atoms with van der Waals surface area (Å²) in [6.07, 6.45) is 4.05. The number of benzene rings is 2. The molecule has 120 valence electrons. The quantitative estimate of drug-likeness (QED) is 0.915. The molecule has 1 aliphatic rings. The second kappa shape index (κ2) is 6.86. The number of aryl methyl sites for hydroxylation is 2. The van der Waals surface area contributed by atoms with Crippen molar-refractivity contribution in [2.24, 2.45) is 0 Å². The minimum atomic E-state index is -0.525. The second-order valence-electron chi connectivity index (χ2n) is 6.17. The molecule has 3 heteroatoms. The largest absolute Gasteiger partial charge is 0.481 e. The highest BCUT2D eigenvalue weighted by molar-refractivity contribution is 5.94. The summed E-state index contributed by atoms with van der Waals surface area (Å²) in [6.45, 7) is 3.78. The Morgan fingerprint density at radius 3 is 2.70 bits per heavy atom. The molecule has 0 heterocycles. The average molecular weight is 309 g/mol. The van der Waals surface area contributed by atoms with Crippen LogP contribution in [-0.4, -0.2) is 12.0 Å². The molecule has 0 radical (unpaired) electrons. The zero-order chi connectivity index (χ0) is 16.2. The Kier molecular flexibility index (Phi) is 4.65. The lowest BCUT2D eigenvalue weighted by molar-refractivity contribution is -0.122. The Bertz CT molecular complexity index is 709. The number of nitrogens with one attached hydrogen (secondary N) is 1. The van der Waals surface area contributed by atoms with Crippen molar-refractivity contribution in [2.45, 2.75) is 45.6 Å². The lowest BCUT2D eigenvalue weighted by Crippen LogP contribution is -2.30. The van der Waals surface area contributed by atoms with Crippen LogP contribution in [0.5, 0.6) is 5.75 Å². The lowest BCUT2D eigenvalue weighted by atomic mass is 9.91. The highest BCUT2D eigenvalue weighted by Gasteiger charge is 2.19. The monoisotopic (exact) mass is 309 g/mol. The molecule has 0 unspecified atom stereocenters. The van der Waals surface area contributed by atoms with Gasteiger partial charge in [-0.1, -0.05) is 30.3 Å². The van der Waals surface area contributed by atoms with Crippen molar-refractivity contribution >= 4 is 11.6 Å². The SMILES string of the molecule is Cc1ccccc1NC(=O)[C@@H](C)Oc1cccc2c1CCCC2. The Labute approximate surface area is 137 Å². The van der Waals surface area contributed by atoms with Crippen molar-refractivity contribution in [2.75, 3.05) is 5.32 Å². The molecule has 1 aliphatic carbocycles. The van der Waals surface area contributed by atoms with E-state index in [1.807, 2.05) is 43.3 Å². The number of hydrogen-bond acceptors (Lipinski definition) is 2. The predicted molar refractivity (Wildman–Crippen MR) is 93.0 cm³/mol. The topological polar surface area (TPSA) is 38.3 Å². The maximum absolute atomic E-state index is 12.4. The molecule has 0 saturated carbocycles. The molecule has 2 aromatic rings. The molecule has 1 N–H and O–H groups in total. The summed E-state index contributed by atoms with van der Waals surface area (Å²) in [5.74, 6) is 0.738. The highest BCUT2D eigenvalue weighted by atomic mass is 16.5. The van der Waals surface area contributed by atoms with E-state index in [-0.39, 0.29) is 5.91 Å². The fourth-order valence-electron chi connectivity index (χ4n) is 3.05. The van der Waals surface area contributed by atoms with Gasteiger partial charge in [0.1, 0.15) is 5.75 Å². The van der Waals surface area contributed by atoms with E-state index in [0.717, 1.165) is 29.8 Å². The Balaban J connectivity index is 1.71. The van der Waals surface area contributed by atoms with Gasteiger partial charge >= 0.3 is 0 Å². The van der Waals surface area contributed by atoms with E-state index in [4.69, 9.17) is 4.74 Å². The second-order valence-corrected chi connectivity index (χ2v) is 6.17. The Morgan fingerprint density at radius 2 is 1.87 bits per heavy atom. The fraction of sp³-hybridized carbons (Fsp3) is 0.350. The van der Waals surface area contributed by atoms with Gasteiger partial charge in [-0.25, -0.2) is 0 Å². The van der Waals surface area contributed by atoms with Crippen molar-refractivity contribution in [1.82, 2.24) is 0 Å². The summed E-state index contributed by atoms with van der Waals surface area (Å²) in [4.78, 5) is 12.4. The summed E-state index contributed by atoms with van der Waals surface area (Å²) in [6, 6.07) is 13.9. The summed E-state index contributed by atoms with van der Waals surface area (Å²) in [5, 5.41) is 2.95. The first-order chi connectivity index (χ1) is 11.1. The first kappa shape index (κ1) is 15.6. The maximum atomic E-state index is 12.4. The third kappa shape index (κ3) is 3.55. The van der Waals surface area contributed by atoms with Crippen LogP contribution in [0, 0.1) is 6.92 Å². The summed E-state index contributed by atoms with van der Waals surface area (Å²) in [5.41, 5.74) is 4.52. The smallest absolute Gasteiger partial charge is 0.265 e. The number of para-hydroxylation sites is 1. The molecule has 23 heavy (non-hydrogen) atoms. The first-order valence-electron chi connectivity index (χ1n) is 8.29. The van der Waals surface area contributed by atoms with E-state index in [1.54, 1.807) is 6.92 Å². The molecule has 3 rings (SSSR count). The number of carbonyl (C=O) groups is 1. The maximum Gasteiger partial charge on any atom is 0.265 e. The van der Waals surface area contributed by atoms with Gasteiger partial charge in [0.25, 0.3) is 5.91 Å². The van der Waals surface area contributed by atoms with Crippen LogP contribution in [0.3, 0.4) is 0 Å². The molecular formula is C20H23NO2. The van der Waals surface area contributed by atoms with E-state index < -0.39 is 6.10 Å². The number of fused-ring (bicyclic) bond motifs is 1. The van der Waals surface area contributed by atoms with E-state index >= 15 is 0 Å². The molecule has 0 fully saturated rings. The average Bonchev–Trinajstić information content (AvgIpc) is 2.57. The van der Waals surface area contributed by atoms with E-state index in [0.29, 0.717) is 0 Å². The number of ether oxygens (including phenoxy) is 1. The van der Waals surface area contributed by atoms with Gasteiger partial charge in [-0.3, -0.25) is 4.79 Å². The van der Waals surface area contributed by atoms with Crippen LogP contribution in [0.1, 0.15) is 36.5 Å². The van der Waals surface area contributed by atoms with Crippen LogP contribution >= 0.6 is 0 Å². The molecule has 3 nitrogen and oxygen atoms in total. The minimum Gasteiger partial charge on any atom is -0.481 e. The van der Waals surface area contributed by atoms with Crippen LogP contribution in [0.25, 0.3) is 0 Å². The molecule has 0 bridgehead atoms. The fourth-order valence-corrected chi connectivity index (χ4v) is 3.05. The van der Waals surface area contributed by atoms with E-state index in [9.17, 15) is 4.79 Å². The number of carbonyl (C=O) groups excluding carboxylic acids is 1. The molecule has 2 aromatic carbocycles. The molecule has 0 spiro atoms. The molecule has 0 aliphatic heterocycles. The number of hydrogen-bond donors (Lipinski definition) is 1. The van der Waals surface area contributed by atoms with Gasteiger partial charge in [-0.2, -0.15) is 0 Å². The van der Waals surface area contributed by atoms with Gasteiger partial charge in [-0.15, -0.1) is 0 Å². The minimum absolute atomic E-state index is 0.118. The first-order valence-corrected chi connectivity index (χ1v) is 8.29. The van der Waals surface area contributed by atoms with Gasteiger partial charge in [-0.05, 0) is 68.4 Å². The van der Waals surface area contributed by atoms with E-state index in [2.05, 4.69) is 11.4 Å². The number of anilines is 1. The Morgan fingerprint density at radius 1 is 1.09 bits per heavy atom. The summed E-state index contributed by atoms with van der Waals surface area (Å²) >= 11 is 0. The standard InChI is InChI=1S/C20H23NO2/c1-14-8-3-6-12-18(14)21-20(22)15(2)23-19-13-7-10-16-9-4-5-11-17(16)19/h3,6-8,10,12-13,15H,4-5,9,11H2,1-2H3,(H,21,22)/t15-/m1/s1. The summed E-state index contributed by atoms with van der Waals surface area (Å²) in [7, 11) is 0. The third-order valence-electron chi connectivity index (χ3n) is 4.43. The van der Waals surface area contributed by atoms with Crippen molar-refractivity contribution in [3.05, 3.63) is 59.2 Å². The molecule has 0 aromatic heterocycles. The zero-order valence-corrected chi connectivity index (χ0v) is 13.8. The number of amides is 1. The third-order valence-corrected chi connectivity index (χ3v) is 4.43. The van der Waals surface area contributed by atoms with Crippen LogP contribution in [0.2, 0.25) is 0 Å². The van der Waals surface area contributed by atoms with Crippen molar-refractivity contribution in [3.8, 4) is 5.75 Å². The predicted octanol–water partition coefficient (Wildman–Crippen LogP) is 4.28. The molecule has 1 amide bonds. The van der Waals surface area contributed by atoms with Gasteiger partial charge in [0.05, 0.1) is 0 Å². The molecular weight excluding hydrogens is 286 g/mol.